The molecule has 3 aliphatic heterocycles. The van der Waals surface area contributed by atoms with E-state index in [1.807, 2.05) is 40.1 Å². The highest BCUT2D eigenvalue weighted by atomic mass is 32.2. The van der Waals surface area contributed by atoms with Crippen LogP contribution in [0, 0.1) is 5.41 Å². The Hall–Kier alpha value is -3.27. The first-order chi connectivity index (χ1) is 14.0. The second-order valence-corrected chi connectivity index (χ2v) is 8.39. The van der Waals surface area contributed by atoms with Crippen LogP contribution in [0.1, 0.15) is 16.2 Å². The van der Waals surface area contributed by atoms with Crippen LogP contribution in [0.2, 0.25) is 0 Å². The van der Waals surface area contributed by atoms with Gasteiger partial charge in [-0.15, -0.1) is 0 Å². The van der Waals surface area contributed by atoms with Crippen LogP contribution in [0.5, 0.6) is 0 Å². The molecule has 146 valence electrons. The topological polar surface area (TPSA) is 108 Å². The lowest BCUT2D eigenvalue weighted by atomic mass is 9.73. The van der Waals surface area contributed by atoms with Crippen molar-refractivity contribution < 1.29 is 14.4 Å². The fraction of sp³-hybridized carbons (Fsp3) is 0.263. The van der Waals surface area contributed by atoms with Gasteiger partial charge in [-0.1, -0.05) is 18.2 Å². The molecule has 0 atom stereocenters. The summed E-state index contributed by atoms with van der Waals surface area (Å²) in [5.41, 5.74) is 0.796. The van der Waals surface area contributed by atoms with E-state index in [2.05, 4.69) is 20.3 Å². The van der Waals surface area contributed by atoms with Crippen LogP contribution >= 0.6 is 11.8 Å². The highest BCUT2D eigenvalue weighted by Crippen LogP contribution is 2.41. The molecule has 1 aromatic carbocycles. The lowest BCUT2D eigenvalue weighted by Gasteiger charge is -2.60. The van der Waals surface area contributed by atoms with E-state index in [1.165, 1.54) is 12.4 Å². The molecule has 1 N–H and O–H groups in total. The lowest BCUT2D eigenvalue weighted by Crippen LogP contribution is -2.73. The lowest BCUT2D eigenvalue weighted by molar-refractivity contribution is -0.115. The molecule has 2 aromatic rings. The number of likely N-dealkylation sites (tertiary alicyclic amines) is 1. The summed E-state index contributed by atoms with van der Waals surface area (Å²) in [5.74, 6) is 0.478. The summed E-state index contributed by atoms with van der Waals surface area (Å²) >= 11 is 0.826. The molecule has 0 aliphatic carbocycles. The standard InChI is InChI=1S/C19H16N6O3S/c26-15-13(29-18(28)23-15)6-14-20-11-21-17(22-14)25-9-19(10-25)7-24(8-19)16(27)12-4-2-1-3-5-12/h1-6,11H,7-10H2,(H,23,26,28). The van der Waals surface area contributed by atoms with Gasteiger partial charge in [-0.2, -0.15) is 4.98 Å². The van der Waals surface area contributed by atoms with Crippen molar-refractivity contribution in [2.75, 3.05) is 31.1 Å². The summed E-state index contributed by atoms with van der Waals surface area (Å²) in [6, 6.07) is 9.29. The van der Waals surface area contributed by atoms with Crippen molar-refractivity contribution in [3.63, 3.8) is 0 Å². The van der Waals surface area contributed by atoms with E-state index in [0.29, 0.717) is 17.3 Å². The molecule has 3 amide bonds. The second kappa shape index (κ2) is 6.66. The molecular formula is C19H16N6O3S. The van der Waals surface area contributed by atoms with Crippen molar-refractivity contribution in [1.29, 1.82) is 0 Å². The van der Waals surface area contributed by atoms with Crippen molar-refractivity contribution in [3.05, 3.63) is 53.0 Å². The summed E-state index contributed by atoms with van der Waals surface area (Å²) in [6.45, 7) is 2.97. The number of carbonyl (C=O) groups is 3. The third kappa shape index (κ3) is 3.25. The van der Waals surface area contributed by atoms with E-state index in [4.69, 9.17) is 0 Å². The Morgan fingerprint density at radius 3 is 2.55 bits per heavy atom. The minimum absolute atomic E-state index is 0.0608. The van der Waals surface area contributed by atoms with Crippen molar-refractivity contribution in [2.24, 2.45) is 5.41 Å². The molecule has 4 heterocycles. The zero-order chi connectivity index (χ0) is 20.0. The van der Waals surface area contributed by atoms with Gasteiger partial charge in [0.25, 0.3) is 17.1 Å². The largest absolute Gasteiger partial charge is 0.339 e. The number of imide groups is 1. The average Bonchev–Trinajstić information content (AvgIpc) is 2.97. The van der Waals surface area contributed by atoms with Gasteiger partial charge in [0.15, 0.2) is 5.82 Å². The molecule has 0 saturated carbocycles. The first-order valence-corrected chi connectivity index (χ1v) is 9.86. The predicted octanol–water partition coefficient (Wildman–Crippen LogP) is 1.16. The van der Waals surface area contributed by atoms with E-state index in [-0.39, 0.29) is 16.2 Å². The van der Waals surface area contributed by atoms with Crippen molar-refractivity contribution in [1.82, 2.24) is 25.2 Å². The molecular weight excluding hydrogens is 392 g/mol. The number of anilines is 1. The molecule has 1 aromatic heterocycles. The molecule has 0 unspecified atom stereocenters. The highest BCUT2D eigenvalue weighted by molar-refractivity contribution is 8.18. The molecule has 0 bridgehead atoms. The van der Waals surface area contributed by atoms with Gasteiger partial charge in [0.1, 0.15) is 6.33 Å². The van der Waals surface area contributed by atoms with Crippen molar-refractivity contribution in [3.8, 4) is 0 Å². The molecule has 1 spiro atoms. The zero-order valence-corrected chi connectivity index (χ0v) is 16.1. The number of amides is 3. The van der Waals surface area contributed by atoms with Crippen molar-refractivity contribution >= 4 is 40.8 Å². The third-order valence-electron chi connectivity index (χ3n) is 5.18. The Morgan fingerprint density at radius 2 is 1.86 bits per heavy atom. The maximum atomic E-state index is 12.5. The second-order valence-electron chi connectivity index (χ2n) is 7.38. The number of hydrogen-bond acceptors (Lipinski definition) is 8. The fourth-order valence-corrected chi connectivity index (χ4v) is 4.49. The molecule has 29 heavy (non-hydrogen) atoms. The normalized spacial score (nSPS) is 21.2. The smallest absolute Gasteiger partial charge is 0.290 e. The number of carbonyl (C=O) groups excluding carboxylic acids is 3. The Bertz CT molecular complexity index is 1040. The molecule has 10 heteroatoms. The number of benzene rings is 1. The Labute approximate surface area is 170 Å². The van der Waals surface area contributed by atoms with Gasteiger partial charge >= 0.3 is 0 Å². The number of thioether (sulfide) groups is 1. The minimum atomic E-state index is -0.442. The highest BCUT2D eigenvalue weighted by Gasteiger charge is 2.54. The van der Waals surface area contributed by atoms with E-state index < -0.39 is 11.1 Å². The maximum absolute atomic E-state index is 12.5. The molecule has 3 aliphatic rings. The summed E-state index contributed by atoms with van der Waals surface area (Å²) in [7, 11) is 0. The van der Waals surface area contributed by atoms with E-state index in [1.54, 1.807) is 0 Å². The quantitative estimate of drug-likeness (QED) is 0.754. The number of aromatic nitrogens is 3. The van der Waals surface area contributed by atoms with Crippen LogP contribution in [-0.4, -0.2) is 63.1 Å². The van der Waals surface area contributed by atoms with E-state index >= 15 is 0 Å². The summed E-state index contributed by atoms with van der Waals surface area (Å²) in [4.78, 5) is 52.2. The number of nitrogens with zero attached hydrogens (tertiary/aromatic N) is 5. The van der Waals surface area contributed by atoms with Gasteiger partial charge in [0.05, 0.1) is 4.91 Å². The molecule has 5 rings (SSSR count). The summed E-state index contributed by atoms with van der Waals surface area (Å²) < 4.78 is 0. The van der Waals surface area contributed by atoms with Gasteiger partial charge in [-0.05, 0) is 23.9 Å². The van der Waals surface area contributed by atoms with Gasteiger partial charge in [0.2, 0.25) is 5.95 Å². The predicted molar refractivity (Wildman–Crippen MR) is 106 cm³/mol. The summed E-state index contributed by atoms with van der Waals surface area (Å²) in [6.07, 6.45) is 2.88. The van der Waals surface area contributed by atoms with Gasteiger partial charge in [0, 0.05) is 43.2 Å². The van der Waals surface area contributed by atoms with Crippen LogP contribution < -0.4 is 10.2 Å². The number of rotatable bonds is 3. The van der Waals surface area contributed by atoms with E-state index in [0.717, 1.165) is 37.9 Å². The minimum Gasteiger partial charge on any atom is -0.339 e. The van der Waals surface area contributed by atoms with Gasteiger partial charge in [-0.3, -0.25) is 19.7 Å². The monoisotopic (exact) mass is 408 g/mol. The Kier molecular flexibility index (Phi) is 4.09. The Balaban J connectivity index is 1.21. The third-order valence-corrected chi connectivity index (χ3v) is 5.99. The van der Waals surface area contributed by atoms with Gasteiger partial charge < -0.3 is 9.80 Å². The number of hydrogen-bond donors (Lipinski definition) is 1. The van der Waals surface area contributed by atoms with Crippen LogP contribution in [0.4, 0.5) is 10.7 Å². The van der Waals surface area contributed by atoms with Crippen molar-refractivity contribution in [2.45, 2.75) is 0 Å². The van der Waals surface area contributed by atoms with Crippen LogP contribution in [0.3, 0.4) is 0 Å². The number of nitrogens with one attached hydrogen (secondary N) is 1. The van der Waals surface area contributed by atoms with Crippen LogP contribution in [0.25, 0.3) is 6.08 Å². The fourth-order valence-electron chi connectivity index (χ4n) is 3.84. The average molecular weight is 408 g/mol. The van der Waals surface area contributed by atoms with Crippen LogP contribution in [-0.2, 0) is 4.79 Å². The SMILES string of the molecule is O=C1NC(=O)C(=Cc2ncnc(N3CC4(CN(C(=O)c5ccccc5)C4)C3)n2)S1. The zero-order valence-electron chi connectivity index (χ0n) is 15.2. The van der Waals surface area contributed by atoms with Crippen LogP contribution in [0.15, 0.2) is 41.6 Å². The van der Waals surface area contributed by atoms with E-state index in [9.17, 15) is 14.4 Å². The maximum Gasteiger partial charge on any atom is 0.290 e. The molecule has 3 saturated heterocycles. The molecule has 9 nitrogen and oxygen atoms in total. The molecule has 3 fully saturated rings. The van der Waals surface area contributed by atoms with Gasteiger partial charge in [-0.25, -0.2) is 9.97 Å². The first kappa shape index (κ1) is 17.8. The first-order valence-electron chi connectivity index (χ1n) is 9.05. The molecule has 0 radical (unpaired) electrons. The Morgan fingerprint density at radius 1 is 1.10 bits per heavy atom. The summed E-state index contributed by atoms with van der Waals surface area (Å²) in [5, 5.41) is 1.80.